The molecule has 178 valence electrons. The summed E-state index contributed by atoms with van der Waals surface area (Å²) in [7, 11) is 0. The minimum Gasteiger partial charge on any atom is -0.480 e. The molecule has 8 heteroatoms. The van der Waals surface area contributed by atoms with Crippen molar-refractivity contribution in [1.29, 1.82) is 0 Å². The average Bonchev–Trinajstić information content (AvgIpc) is 2.93. The molecule has 1 aliphatic heterocycles. The number of carbonyl (C=O) groups excluding carboxylic acids is 3. The molecular formula is C23H41N3O5. The van der Waals surface area contributed by atoms with Crippen molar-refractivity contribution in [2.75, 3.05) is 6.54 Å². The fraction of sp³-hybridized carbons (Fsp3) is 0.826. The van der Waals surface area contributed by atoms with Gasteiger partial charge in [-0.15, -0.1) is 0 Å². The van der Waals surface area contributed by atoms with Crippen molar-refractivity contribution in [3.05, 3.63) is 0 Å². The van der Waals surface area contributed by atoms with E-state index in [9.17, 15) is 24.3 Å². The Balaban J connectivity index is 2.21. The monoisotopic (exact) mass is 439 g/mol. The SMILES string of the molecule is CCCCCCCCCCCC(=O)N[C@H](CCC(=O)NC1CCCCNC1=O)C(=O)O. The summed E-state index contributed by atoms with van der Waals surface area (Å²) in [6, 6.07) is -1.67. The zero-order chi connectivity index (χ0) is 22.9. The van der Waals surface area contributed by atoms with Crippen LogP contribution in [0.3, 0.4) is 0 Å². The van der Waals surface area contributed by atoms with Gasteiger partial charge in [0.1, 0.15) is 12.1 Å². The van der Waals surface area contributed by atoms with E-state index in [1.807, 2.05) is 0 Å². The summed E-state index contributed by atoms with van der Waals surface area (Å²) in [5, 5.41) is 17.3. The Morgan fingerprint density at radius 1 is 0.968 bits per heavy atom. The van der Waals surface area contributed by atoms with Gasteiger partial charge < -0.3 is 21.1 Å². The first-order chi connectivity index (χ1) is 14.9. The molecule has 0 aromatic rings. The van der Waals surface area contributed by atoms with Gasteiger partial charge in [-0.3, -0.25) is 14.4 Å². The van der Waals surface area contributed by atoms with Gasteiger partial charge in [0.25, 0.3) is 0 Å². The predicted molar refractivity (Wildman–Crippen MR) is 119 cm³/mol. The van der Waals surface area contributed by atoms with Gasteiger partial charge >= 0.3 is 5.97 Å². The highest BCUT2D eigenvalue weighted by atomic mass is 16.4. The number of nitrogens with one attached hydrogen (secondary N) is 3. The number of carboxylic acids is 1. The van der Waals surface area contributed by atoms with E-state index < -0.39 is 18.1 Å². The summed E-state index contributed by atoms with van der Waals surface area (Å²) in [5.74, 6) is -2.02. The largest absolute Gasteiger partial charge is 0.480 e. The van der Waals surface area contributed by atoms with Crippen LogP contribution in [0.5, 0.6) is 0 Å². The van der Waals surface area contributed by atoms with E-state index in [1.165, 1.54) is 38.5 Å². The third-order valence-corrected chi connectivity index (χ3v) is 5.67. The van der Waals surface area contributed by atoms with Crippen LogP contribution in [-0.2, 0) is 19.2 Å². The average molecular weight is 440 g/mol. The number of unbranched alkanes of at least 4 members (excludes halogenated alkanes) is 8. The number of aliphatic carboxylic acids is 1. The highest BCUT2D eigenvalue weighted by Crippen LogP contribution is 2.11. The first-order valence-corrected chi connectivity index (χ1v) is 12.0. The van der Waals surface area contributed by atoms with E-state index in [2.05, 4.69) is 22.9 Å². The fourth-order valence-corrected chi connectivity index (χ4v) is 3.74. The van der Waals surface area contributed by atoms with E-state index in [0.717, 1.165) is 32.1 Å². The highest BCUT2D eigenvalue weighted by molar-refractivity contribution is 5.88. The molecule has 0 radical (unpaired) electrons. The summed E-state index contributed by atoms with van der Waals surface area (Å²) in [6.45, 7) is 2.81. The molecule has 1 saturated heterocycles. The molecule has 2 atom stereocenters. The number of carboxylic acid groups (broad SMARTS) is 1. The van der Waals surface area contributed by atoms with E-state index in [0.29, 0.717) is 19.4 Å². The topological polar surface area (TPSA) is 125 Å². The maximum Gasteiger partial charge on any atom is 0.326 e. The number of hydrogen-bond acceptors (Lipinski definition) is 4. The van der Waals surface area contributed by atoms with E-state index in [1.54, 1.807) is 0 Å². The van der Waals surface area contributed by atoms with Crippen molar-refractivity contribution < 1.29 is 24.3 Å². The van der Waals surface area contributed by atoms with Crippen molar-refractivity contribution in [2.45, 2.75) is 115 Å². The summed E-state index contributed by atoms with van der Waals surface area (Å²) in [5.41, 5.74) is 0. The fourth-order valence-electron chi connectivity index (χ4n) is 3.74. The van der Waals surface area contributed by atoms with Gasteiger partial charge in [0.15, 0.2) is 0 Å². The molecule has 3 amide bonds. The van der Waals surface area contributed by atoms with Crippen LogP contribution in [0.25, 0.3) is 0 Å². The molecule has 1 heterocycles. The normalized spacial score (nSPS) is 17.3. The zero-order valence-electron chi connectivity index (χ0n) is 19.0. The lowest BCUT2D eigenvalue weighted by molar-refractivity contribution is -0.142. The maximum absolute atomic E-state index is 12.1. The van der Waals surface area contributed by atoms with E-state index in [4.69, 9.17) is 0 Å². The Hall–Kier alpha value is -2.12. The molecule has 0 aromatic heterocycles. The lowest BCUT2D eigenvalue weighted by Gasteiger charge is -2.17. The summed E-state index contributed by atoms with van der Waals surface area (Å²) >= 11 is 0. The molecule has 31 heavy (non-hydrogen) atoms. The quantitative estimate of drug-likeness (QED) is 0.275. The molecule has 0 bridgehead atoms. The molecule has 0 aromatic carbocycles. The number of carbonyl (C=O) groups is 4. The van der Waals surface area contributed by atoms with E-state index >= 15 is 0 Å². The number of amides is 3. The van der Waals surface area contributed by atoms with Gasteiger partial charge in [0.2, 0.25) is 17.7 Å². The van der Waals surface area contributed by atoms with Gasteiger partial charge in [-0.05, 0) is 32.1 Å². The Labute approximate surface area is 186 Å². The standard InChI is InChI=1S/C23H41N3O5/c1-2-3-4-5-6-7-8-9-10-14-20(27)26-19(23(30)31)15-16-21(28)25-18-13-11-12-17-24-22(18)29/h18-19H,2-17H2,1H3,(H,24,29)(H,25,28)(H,26,27)(H,30,31)/t18?,19-/m1/s1. The predicted octanol–water partition coefficient (Wildman–Crippen LogP) is 3.04. The van der Waals surface area contributed by atoms with E-state index in [-0.39, 0.29) is 30.6 Å². The van der Waals surface area contributed by atoms with Crippen LogP contribution in [0.2, 0.25) is 0 Å². The molecule has 0 spiro atoms. The van der Waals surface area contributed by atoms with Gasteiger partial charge in [-0.1, -0.05) is 58.3 Å². The number of hydrogen-bond donors (Lipinski definition) is 4. The lowest BCUT2D eigenvalue weighted by Crippen LogP contribution is -2.46. The highest BCUT2D eigenvalue weighted by Gasteiger charge is 2.24. The maximum atomic E-state index is 12.1. The second kappa shape index (κ2) is 16.6. The summed E-state index contributed by atoms with van der Waals surface area (Å²) in [6.07, 6.45) is 12.9. The molecular weight excluding hydrogens is 398 g/mol. The molecule has 0 saturated carbocycles. The molecule has 1 aliphatic rings. The van der Waals surface area contributed by atoms with Crippen LogP contribution in [0.15, 0.2) is 0 Å². The zero-order valence-corrected chi connectivity index (χ0v) is 19.0. The molecule has 8 nitrogen and oxygen atoms in total. The second-order valence-corrected chi connectivity index (χ2v) is 8.48. The lowest BCUT2D eigenvalue weighted by atomic mass is 10.1. The second-order valence-electron chi connectivity index (χ2n) is 8.48. The Bertz CT molecular complexity index is 567. The van der Waals surface area contributed by atoms with Crippen molar-refractivity contribution in [3.63, 3.8) is 0 Å². The van der Waals surface area contributed by atoms with Crippen LogP contribution in [0, 0.1) is 0 Å². The van der Waals surface area contributed by atoms with Crippen molar-refractivity contribution >= 4 is 23.7 Å². The molecule has 1 rings (SSSR count). The molecule has 0 aliphatic carbocycles. The van der Waals surface area contributed by atoms with Gasteiger partial charge in [0.05, 0.1) is 0 Å². The summed E-state index contributed by atoms with van der Waals surface area (Å²) < 4.78 is 0. The van der Waals surface area contributed by atoms with Crippen LogP contribution in [-0.4, -0.2) is 47.4 Å². The van der Waals surface area contributed by atoms with Crippen LogP contribution < -0.4 is 16.0 Å². The molecule has 4 N–H and O–H groups in total. The minimum atomic E-state index is -1.15. The van der Waals surface area contributed by atoms with Gasteiger partial charge in [0, 0.05) is 19.4 Å². The number of rotatable bonds is 16. The molecule has 1 unspecified atom stereocenters. The third kappa shape index (κ3) is 13.0. The van der Waals surface area contributed by atoms with Crippen LogP contribution >= 0.6 is 0 Å². The summed E-state index contributed by atoms with van der Waals surface area (Å²) in [4.78, 5) is 47.6. The van der Waals surface area contributed by atoms with Gasteiger partial charge in [-0.25, -0.2) is 4.79 Å². The Morgan fingerprint density at radius 3 is 2.26 bits per heavy atom. The Morgan fingerprint density at radius 2 is 1.61 bits per heavy atom. The first-order valence-electron chi connectivity index (χ1n) is 12.0. The third-order valence-electron chi connectivity index (χ3n) is 5.67. The molecule has 1 fully saturated rings. The van der Waals surface area contributed by atoms with Crippen LogP contribution in [0.4, 0.5) is 0 Å². The van der Waals surface area contributed by atoms with Crippen LogP contribution in [0.1, 0.15) is 103 Å². The van der Waals surface area contributed by atoms with Crippen molar-refractivity contribution in [1.82, 2.24) is 16.0 Å². The minimum absolute atomic E-state index is 0.000986. The van der Waals surface area contributed by atoms with Crippen molar-refractivity contribution in [2.24, 2.45) is 0 Å². The Kier molecular flexibility index (Phi) is 14.4. The van der Waals surface area contributed by atoms with Gasteiger partial charge in [-0.2, -0.15) is 0 Å². The first kappa shape index (κ1) is 26.9. The smallest absolute Gasteiger partial charge is 0.326 e. The van der Waals surface area contributed by atoms with Crippen molar-refractivity contribution in [3.8, 4) is 0 Å².